The number of carbonyl (C=O) groups excluding carboxylic acids is 1. The van der Waals surface area contributed by atoms with E-state index in [1.807, 2.05) is 25.1 Å². The highest BCUT2D eigenvalue weighted by Crippen LogP contribution is 2.34. The van der Waals surface area contributed by atoms with Gasteiger partial charge in [0.25, 0.3) is 0 Å². The van der Waals surface area contributed by atoms with Gasteiger partial charge in [0.1, 0.15) is 18.5 Å². The molecule has 2 aliphatic heterocycles. The average molecular weight is 445 g/mol. The van der Waals surface area contributed by atoms with Crippen molar-refractivity contribution < 1.29 is 14.3 Å². The Morgan fingerprint density at radius 3 is 2.84 bits per heavy atom. The summed E-state index contributed by atoms with van der Waals surface area (Å²) in [7, 11) is 0. The van der Waals surface area contributed by atoms with Crippen LogP contribution in [0.2, 0.25) is 5.02 Å². The van der Waals surface area contributed by atoms with Crippen LogP contribution in [-0.4, -0.2) is 54.7 Å². The van der Waals surface area contributed by atoms with Crippen molar-refractivity contribution in [2.45, 2.75) is 32.3 Å². The van der Waals surface area contributed by atoms with Crippen LogP contribution < -0.4 is 20.5 Å². The molecule has 1 saturated heterocycles. The molecule has 1 amide bonds. The number of piperidine rings is 1. The molecule has 2 aliphatic rings. The van der Waals surface area contributed by atoms with E-state index < -0.39 is 0 Å². The van der Waals surface area contributed by atoms with Crippen molar-refractivity contribution in [1.29, 1.82) is 0 Å². The number of fused-ring (bicyclic) bond motifs is 1. The molecule has 0 radical (unpaired) electrons. The van der Waals surface area contributed by atoms with Gasteiger partial charge in [-0.3, -0.25) is 9.69 Å². The third-order valence-electron chi connectivity index (χ3n) is 5.88. The van der Waals surface area contributed by atoms with Gasteiger partial charge in [-0.25, -0.2) is 4.98 Å². The van der Waals surface area contributed by atoms with E-state index in [0.717, 1.165) is 49.5 Å². The first kappa shape index (κ1) is 21.7. The first-order valence-corrected chi connectivity index (χ1v) is 11.1. The van der Waals surface area contributed by atoms with E-state index in [4.69, 9.17) is 26.8 Å². The number of nitrogen functional groups attached to an aromatic ring is 1. The lowest BCUT2D eigenvalue weighted by Gasteiger charge is -2.35. The minimum absolute atomic E-state index is 0.00389. The molecule has 166 valence electrons. The summed E-state index contributed by atoms with van der Waals surface area (Å²) < 4.78 is 11.9. The van der Waals surface area contributed by atoms with E-state index in [1.54, 1.807) is 12.1 Å². The fourth-order valence-electron chi connectivity index (χ4n) is 4.09. The molecule has 2 aromatic rings. The Balaban J connectivity index is 1.17. The molecule has 1 aromatic heterocycles. The zero-order valence-electron chi connectivity index (χ0n) is 17.8. The Hall–Kier alpha value is -2.51. The van der Waals surface area contributed by atoms with Gasteiger partial charge in [-0.2, -0.15) is 0 Å². The van der Waals surface area contributed by atoms with Crippen molar-refractivity contribution in [3.8, 4) is 11.5 Å². The summed E-state index contributed by atoms with van der Waals surface area (Å²) in [6, 6.07) is 9.21. The number of hydrogen-bond acceptors (Lipinski definition) is 6. The topological polar surface area (TPSA) is 89.7 Å². The van der Waals surface area contributed by atoms with Crippen LogP contribution in [0.4, 0.5) is 5.82 Å². The number of benzene rings is 1. The number of nitrogens with one attached hydrogen (secondary N) is 1. The number of anilines is 1. The van der Waals surface area contributed by atoms with Crippen LogP contribution >= 0.6 is 11.6 Å². The fraction of sp³-hybridized carbons (Fsp3) is 0.478. The number of hydrogen-bond donors (Lipinski definition) is 2. The summed E-state index contributed by atoms with van der Waals surface area (Å²) in [4.78, 5) is 18.9. The zero-order valence-corrected chi connectivity index (χ0v) is 18.5. The average Bonchev–Trinajstić information content (AvgIpc) is 2.75. The molecule has 1 aromatic carbocycles. The second-order valence-electron chi connectivity index (χ2n) is 8.36. The lowest BCUT2D eigenvalue weighted by molar-refractivity contribution is -0.120. The molecule has 31 heavy (non-hydrogen) atoms. The minimum Gasteiger partial charge on any atom is -0.486 e. The maximum absolute atomic E-state index is 12.3. The van der Waals surface area contributed by atoms with Crippen molar-refractivity contribution in [2.24, 2.45) is 5.92 Å². The summed E-state index contributed by atoms with van der Waals surface area (Å²) in [5.41, 5.74) is 7.54. The molecule has 4 rings (SSSR count). The maximum Gasteiger partial charge on any atom is 0.224 e. The van der Waals surface area contributed by atoms with Crippen LogP contribution in [-0.2, 0) is 11.2 Å². The van der Waals surface area contributed by atoms with Gasteiger partial charge in [0, 0.05) is 35.4 Å². The van der Waals surface area contributed by atoms with Crippen LogP contribution in [0.25, 0.3) is 0 Å². The zero-order chi connectivity index (χ0) is 21.8. The second kappa shape index (κ2) is 9.75. The number of carbonyl (C=O) groups is 1. The largest absolute Gasteiger partial charge is 0.486 e. The summed E-state index contributed by atoms with van der Waals surface area (Å²) in [5, 5.41) is 3.70. The number of ether oxygens (including phenoxy) is 2. The SMILES string of the molecule is Cc1ccc(CC(=O)NCC2CCN(C[C@H]3COc4ccc(Cl)cc4O3)CC2)c(N)n1. The van der Waals surface area contributed by atoms with E-state index in [0.29, 0.717) is 35.7 Å². The Morgan fingerprint density at radius 2 is 2.06 bits per heavy atom. The Kier molecular flexibility index (Phi) is 6.83. The van der Waals surface area contributed by atoms with Crippen LogP contribution in [0.5, 0.6) is 11.5 Å². The van der Waals surface area contributed by atoms with Crippen molar-refractivity contribution in [1.82, 2.24) is 15.2 Å². The molecule has 8 heteroatoms. The normalized spacial score (nSPS) is 19.2. The quantitative estimate of drug-likeness (QED) is 0.712. The monoisotopic (exact) mass is 444 g/mol. The minimum atomic E-state index is -0.00939. The van der Waals surface area contributed by atoms with E-state index >= 15 is 0 Å². The standard InChI is InChI=1S/C23H29ClN4O3/c1-15-2-3-17(23(25)27-15)10-22(29)26-12-16-6-8-28(9-7-16)13-19-14-30-20-5-4-18(24)11-21(20)31-19/h2-5,11,16,19H,6-10,12-14H2,1H3,(H2,25,27)(H,26,29)/t19-/m0/s1. The fourth-order valence-corrected chi connectivity index (χ4v) is 4.25. The Bertz CT molecular complexity index is 931. The molecule has 3 heterocycles. The molecule has 0 saturated carbocycles. The van der Waals surface area contributed by atoms with Crippen molar-refractivity contribution >= 4 is 23.3 Å². The van der Waals surface area contributed by atoms with Crippen LogP contribution in [0.1, 0.15) is 24.1 Å². The molecule has 7 nitrogen and oxygen atoms in total. The Labute approximate surface area is 187 Å². The molecule has 0 unspecified atom stereocenters. The number of nitrogens with zero attached hydrogens (tertiary/aromatic N) is 2. The van der Waals surface area contributed by atoms with Crippen LogP contribution in [0, 0.1) is 12.8 Å². The van der Waals surface area contributed by atoms with Gasteiger partial charge in [-0.15, -0.1) is 0 Å². The first-order valence-electron chi connectivity index (χ1n) is 10.8. The molecule has 0 bridgehead atoms. The molecule has 1 fully saturated rings. The molecular weight excluding hydrogens is 416 g/mol. The van der Waals surface area contributed by atoms with E-state index in [-0.39, 0.29) is 18.4 Å². The molecule has 0 spiro atoms. The molecular formula is C23H29ClN4O3. The highest BCUT2D eigenvalue weighted by molar-refractivity contribution is 6.30. The third-order valence-corrected chi connectivity index (χ3v) is 6.12. The number of aromatic nitrogens is 1. The van der Waals surface area contributed by atoms with Crippen LogP contribution in [0.3, 0.4) is 0 Å². The molecule has 1 atom stereocenters. The number of halogens is 1. The predicted molar refractivity (Wildman–Crippen MR) is 121 cm³/mol. The van der Waals surface area contributed by atoms with Gasteiger partial charge in [0.05, 0.1) is 6.42 Å². The number of aryl methyl sites for hydroxylation is 1. The lowest BCUT2D eigenvalue weighted by Crippen LogP contribution is -2.45. The van der Waals surface area contributed by atoms with E-state index in [2.05, 4.69) is 15.2 Å². The maximum atomic E-state index is 12.3. The van der Waals surface area contributed by atoms with Gasteiger partial charge in [0.2, 0.25) is 5.91 Å². The highest BCUT2D eigenvalue weighted by Gasteiger charge is 2.26. The third kappa shape index (κ3) is 5.80. The summed E-state index contributed by atoms with van der Waals surface area (Å²) in [5.74, 6) is 2.37. The van der Waals surface area contributed by atoms with Crippen molar-refractivity contribution in [3.63, 3.8) is 0 Å². The van der Waals surface area contributed by atoms with E-state index in [9.17, 15) is 4.79 Å². The second-order valence-corrected chi connectivity index (χ2v) is 8.80. The van der Waals surface area contributed by atoms with Crippen molar-refractivity contribution in [2.75, 3.05) is 38.5 Å². The number of pyridine rings is 1. The summed E-state index contributed by atoms with van der Waals surface area (Å²) in [6.45, 7) is 5.91. The molecule has 0 aliphatic carbocycles. The number of nitrogens with two attached hydrogens (primary N) is 1. The van der Waals surface area contributed by atoms with Gasteiger partial charge < -0.3 is 20.5 Å². The van der Waals surface area contributed by atoms with Gasteiger partial charge in [-0.1, -0.05) is 17.7 Å². The predicted octanol–water partition coefficient (Wildman–Crippen LogP) is 2.84. The lowest BCUT2D eigenvalue weighted by atomic mass is 9.96. The van der Waals surface area contributed by atoms with Gasteiger partial charge >= 0.3 is 0 Å². The number of likely N-dealkylation sites (tertiary alicyclic amines) is 1. The van der Waals surface area contributed by atoms with Gasteiger partial charge in [-0.05, 0) is 57.0 Å². The number of amides is 1. The van der Waals surface area contributed by atoms with Crippen molar-refractivity contribution in [3.05, 3.63) is 46.6 Å². The first-order chi connectivity index (χ1) is 15.0. The summed E-state index contributed by atoms with van der Waals surface area (Å²) >= 11 is 6.06. The summed E-state index contributed by atoms with van der Waals surface area (Å²) in [6.07, 6.45) is 2.35. The smallest absolute Gasteiger partial charge is 0.224 e. The van der Waals surface area contributed by atoms with Crippen LogP contribution in [0.15, 0.2) is 30.3 Å². The van der Waals surface area contributed by atoms with E-state index in [1.165, 1.54) is 0 Å². The Morgan fingerprint density at radius 1 is 1.26 bits per heavy atom. The van der Waals surface area contributed by atoms with Gasteiger partial charge in [0.15, 0.2) is 11.5 Å². The highest BCUT2D eigenvalue weighted by atomic mass is 35.5. The number of rotatable bonds is 6. The molecule has 3 N–H and O–H groups in total.